The quantitative estimate of drug-likeness (QED) is 0.416. The first-order valence-electron chi connectivity index (χ1n) is 15.2. The smallest absolute Gasteiger partial charge is 0.262 e. The Morgan fingerprint density at radius 2 is 2.02 bits per heavy atom. The standard InChI is InChI=1S/C33H43ClN2O4S/c1-22-5-3-6-26(18-37)28-11-8-25(28)17-36-20-33(14-4-7-23-15-27(34)10-12-29(23)33)21-40-31-13-9-24(16-30(31)36)32(38)35-41(2,39)19-22/h9-10,12-13,15-16,22,25-26,28,37H,2-8,11,14,17-21H2,1H3,(H,35,38,39)/t22-,25-,26-,28+,33-,41?/m0/s1. The molecule has 1 saturated carbocycles. The summed E-state index contributed by atoms with van der Waals surface area (Å²) < 4.78 is 22.7. The van der Waals surface area contributed by atoms with Crippen molar-refractivity contribution < 1.29 is 18.8 Å². The molecule has 6 nitrogen and oxygen atoms in total. The zero-order valence-electron chi connectivity index (χ0n) is 24.1. The molecule has 2 heterocycles. The zero-order chi connectivity index (χ0) is 28.8. The van der Waals surface area contributed by atoms with Crippen LogP contribution in [-0.2, 0) is 21.5 Å². The van der Waals surface area contributed by atoms with E-state index in [1.54, 1.807) is 6.07 Å². The highest BCUT2D eigenvalue weighted by Gasteiger charge is 2.44. The van der Waals surface area contributed by atoms with Crippen LogP contribution < -0.4 is 14.4 Å². The number of nitrogens with one attached hydrogen (secondary N) is 1. The fourth-order valence-electron chi connectivity index (χ4n) is 7.96. The molecule has 0 saturated heterocycles. The summed E-state index contributed by atoms with van der Waals surface area (Å²) in [4.78, 5) is 15.8. The number of amides is 1. The van der Waals surface area contributed by atoms with Crippen LogP contribution in [0.25, 0.3) is 0 Å². The molecule has 8 heteroatoms. The molecule has 0 aromatic heterocycles. The van der Waals surface area contributed by atoms with E-state index in [0.29, 0.717) is 29.8 Å². The normalized spacial score (nSPS) is 33.9. The molecule has 6 atom stereocenters. The van der Waals surface area contributed by atoms with Crippen molar-refractivity contribution in [3.8, 4) is 5.75 Å². The number of aryl methyl sites for hydroxylation is 1. The Kier molecular flexibility index (Phi) is 8.07. The third-order valence-electron chi connectivity index (χ3n) is 10.2. The van der Waals surface area contributed by atoms with E-state index in [1.807, 2.05) is 18.2 Å². The number of aliphatic hydroxyl groups excluding tert-OH is 1. The second kappa shape index (κ2) is 11.5. The molecular weight excluding hydrogens is 556 g/mol. The lowest BCUT2D eigenvalue weighted by molar-refractivity contribution is 0.0570. The molecule has 2 aromatic rings. The molecule has 2 bridgehead atoms. The number of halogens is 1. The number of hydrogen-bond acceptors (Lipinski definition) is 5. The third-order valence-corrected chi connectivity index (χ3v) is 12.1. The summed E-state index contributed by atoms with van der Waals surface area (Å²) in [5.41, 5.74) is 3.81. The van der Waals surface area contributed by atoms with Crippen molar-refractivity contribution in [3.63, 3.8) is 0 Å². The lowest BCUT2D eigenvalue weighted by Crippen LogP contribution is -2.49. The molecule has 6 rings (SSSR count). The van der Waals surface area contributed by atoms with Gasteiger partial charge in [0.2, 0.25) is 0 Å². The van der Waals surface area contributed by atoms with Gasteiger partial charge < -0.3 is 14.7 Å². The number of rotatable bonds is 1. The SMILES string of the molecule is C=S1(=O)C[C@@H](C)CCC[C@@H](CO)[C@@H]2CC[C@H]2CN2C[C@@]3(CCCc4cc(Cl)ccc43)COc3ccc(cc32)C(=O)N1. The summed E-state index contributed by atoms with van der Waals surface area (Å²) in [5, 5.41) is 11.2. The van der Waals surface area contributed by atoms with E-state index in [-0.39, 0.29) is 29.8 Å². The Hall–Kier alpha value is -2.22. The maximum atomic E-state index is 13.4. The number of fused-ring (bicyclic) bond motifs is 4. The van der Waals surface area contributed by atoms with Crippen LogP contribution in [0.5, 0.6) is 5.75 Å². The van der Waals surface area contributed by atoms with Crippen molar-refractivity contribution >= 4 is 38.8 Å². The molecule has 1 amide bonds. The number of nitrogens with zero attached hydrogens (tertiary/aromatic N) is 1. The summed E-state index contributed by atoms with van der Waals surface area (Å²) in [5.74, 6) is 6.08. The van der Waals surface area contributed by atoms with E-state index in [9.17, 15) is 14.1 Å². The van der Waals surface area contributed by atoms with Gasteiger partial charge in [0.25, 0.3) is 5.91 Å². The van der Waals surface area contributed by atoms with Crippen LogP contribution in [-0.4, -0.2) is 53.1 Å². The Morgan fingerprint density at radius 1 is 1.17 bits per heavy atom. The van der Waals surface area contributed by atoms with Gasteiger partial charge in [-0.1, -0.05) is 31.0 Å². The van der Waals surface area contributed by atoms with Crippen LogP contribution in [0.2, 0.25) is 5.02 Å². The Bertz CT molecular complexity index is 1410. The summed E-state index contributed by atoms with van der Waals surface area (Å²) in [6, 6.07) is 11.9. The monoisotopic (exact) mass is 598 g/mol. The molecule has 1 fully saturated rings. The van der Waals surface area contributed by atoms with Gasteiger partial charge in [0, 0.05) is 51.2 Å². The van der Waals surface area contributed by atoms with Crippen LogP contribution in [0.1, 0.15) is 73.4 Å². The van der Waals surface area contributed by atoms with E-state index in [4.69, 9.17) is 16.3 Å². The van der Waals surface area contributed by atoms with Gasteiger partial charge >= 0.3 is 0 Å². The minimum absolute atomic E-state index is 0.171. The van der Waals surface area contributed by atoms with Gasteiger partial charge in [0.1, 0.15) is 5.75 Å². The maximum absolute atomic E-state index is 13.4. The predicted octanol–water partition coefficient (Wildman–Crippen LogP) is 5.63. The molecule has 222 valence electrons. The predicted molar refractivity (Wildman–Crippen MR) is 168 cm³/mol. The number of hydrogen-bond donors (Lipinski definition) is 2. The first kappa shape index (κ1) is 28.9. The highest BCUT2D eigenvalue weighted by atomic mass is 35.5. The van der Waals surface area contributed by atoms with Crippen LogP contribution in [0.3, 0.4) is 0 Å². The largest absolute Gasteiger partial charge is 0.490 e. The minimum atomic E-state index is -2.79. The van der Waals surface area contributed by atoms with Gasteiger partial charge in [-0.15, -0.1) is 0 Å². The summed E-state index contributed by atoms with van der Waals surface area (Å²) in [6.45, 7) is 4.49. The van der Waals surface area contributed by atoms with Crippen LogP contribution in [0.15, 0.2) is 36.4 Å². The van der Waals surface area contributed by atoms with E-state index < -0.39 is 9.71 Å². The van der Waals surface area contributed by atoms with Crippen LogP contribution >= 0.6 is 11.6 Å². The molecule has 4 aliphatic rings. The van der Waals surface area contributed by atoms with Gasteiger partial charge in [-0.25, -0.2) is 4.21 Å². The first-order valence-corrected chi connectivity index (χ1v) is 17.5. The number of benzene rings is 2. The van der Waals surface area contributed by atoms with Gasteiger partial charge in [-0.3, -0.25) is 9.52 Å². The molecule has 2 N–H and O–H groups in total. The fraction of sp³-hybridized carbons (Fsp3) is 0.576. The topological polar surface area (TPSA) is 78.9 Å². The van der Waals surface area contributed by atoms with Gasteiger partial charge in [-0.05, 0) is 116 Å². The molecule has 2 aromatic carbocycles. The molecule has 2 aliphatic heterocycles. The number of anilines is 1. The van der Waals surface area contributed by atoms with Gasteiger partial charge in [0.05, 0.1) is 12.3 Å². The fourth-order valence-corrected chi connectivity index (χ4v) is 9.78. The Labute approximate surface area is 249 Å². The van der Waals surface area contributed by atoms with E-state index in [0.717, 1.165) is 80.9 Å². The average molecular weight is 599 g/mol. The Morgan fingerprint density at radius 3 is 2.80 bits per heavy atom. The summed E-state index contributed by atoms with van der Waals surface area (Å²) in [7, 11) is -2.79. The van der Waals surface area contributed by atoms with Crippen molar-refractivity contribution in [2.24, 2.45) is 23.7 Å². The zero-order valence-corrected chi connectivity index (χ0v) is 25.7. The second-order valence-electron chi connectivity index (χ2n) is 13.2. The first-order chi connectivity index (χ1) is 19.7. The van der Waals surface area contributed by atoms with Crippen LogP contribution in [0.4, 0.5) is 5.69 Å². The lowest BCUT2D eigenvalue weighted by Gasteiger charge is -2.46. The number of carbonyl (C=O) groups is 1. The van der Waals surface area contributed by atoms with E-state index in [2.05, 4.69) is 34.5 Å². The van der Waals surface area contributed by atoms with Gasteiger partial charge in [0.15, 0.2) is 0 Å². The Balaban J connectivity index is 1.41. The molecular formula is C33H43ClN2O4S. The second-order valence-corrected chi connectivity index (χ2v) is 15.8. The summed E-state index contributed by atoms with van der Waals surface area (Å²) in [6.07, 6.45) is 8.25. The number of aliphatic hydroxyl groups is 1. The van der Waals surface area contributed by atoms with Crippen molar-refractivity contribution in [1.29, 1.82) is 0 Å². The van der Waals surface area contributed by atoms with Gasteiger partial charge in [-0.2, -0.15) is 0 Å². The third kappa shape index (κ3) is 5.87. The van der Waals surface area contributed by atoms with Crippen molar-refractivity contribution in [2.45, 2.75) is 63.7 Å². The highest BCUT2D eigenvalue weighted by molar-refractivity contribution is 7.99. The molecule has 1 spiro atoms. The summed E-state index contributed by atoms with van der Waals surface area (Å²) >= 11 is 6.41. The minimum Gasteiger partial charge on any atom is -0.490 e. The van der Waals surface area contributed by atoms with E-state index >= 15 is 0 Å². The maximum Gasteiger partial charge on any atom is 0.262 e. The molecule has 1 unspecified atom stereocenters. The molecule has 0 radical (unpaired) electrons. The molecule has 2 aliphatic carbocycles. The van der Waals surface area contributed by atoms with E-state index in [1.165, 1.54) is 11.1 Å². The number of carbonyl (C=O) groups excluding carboxylic acids is 1. The lowest BCUT2D eigenvalue weighted by atomic mass is 9.65. The average Bonchev–Trinajstić information content (AvgIpc) is 3.06. The van der Waals surface area contributed by atoms with Crippen LogP contribution in [0, 0.1) is 23.7 Å². The van der Waals surface area contributed by atoms with Crippen molar-refractivity contribution in [2.75, 3.05) is 37.0 Å². The van der Waals surface area contributed by atoms with Crippen molar-refractivity contribution in [3.05, 3.63) is 58.1 Å². The van der Waals surface area contributed by atoms with Crippen molar-refractivity contribution in [1.82, 2.24) is 4.72 Å². The highest BCUT2D eigenvalue weighted by Crippen LogP contribution is 2.47. The number of ether oxygens (including phenoxy) is 1. The molecule has 41 heavy (non-hydrogen) atoms.